The Hall–Kier alpha value is -0.760. The Kier molecular flexibility index (Phi) is 6.24. The SMILES string of the molecule is CCCCO[P+]([O-])=CCc1ccccc1F. The van der Waals surface area contributed by atoms with Crippen molar-refractivity contribution in [2.24, 2.45) is 0 Å². The van der Waals surface area contributed by atoms with Crippen molar-refractivity contribution >= 4 is 13.8 Å². The first-order valence-electron chi connectivity index (χ1n) is 5.40. The van der Waals surface area contributed by atoms with Crippen molar-refractivity contribution in [2.75, 3.05) is 6.61 Å². The molecule has 2 nitrogen and oxygen atoms in total. The molecule has 0 saturated carbocycles. The highest BCUT2D eigenvalue weighted by atomic mass is 31.1. The highest BCUT2D eigenvalue weighted by molar-refractivity contribution is 7.44. The van der Waals surface area contributed by atoms with Gasteiger partial charge in [-0.25, -0.2) is 4.39 Å². The molecule has 0 saturated heterocycles. The van der Waals surface area contributed by atoms with Crippen LogP contribution in [-0.4, -0.2) is 12.4 Å². The van der Waals surface area contributed by atoms with E-state index in [9.17, 15) is 9.28 Å². The lowest BCUT2D eigenvalue weighted by Crippen LogP contribution is -1.99. The fourth-order valence-electron chi connectivity index (χ4n) is 1.19. The molecule has 1 aromatic carbocycles. The number of unbranched alkanes of at least 4 members (excludes halogenated alkanes) is 1. The van der Waals surface area contributed by atoms with E-state index in [1.165, 1.54) is 11.9 Å². The van der Waals surface area contributed by atoms with Crippen LogP contribution in [0.1, 0.15) is 25.3 Å². The third-order valence-corrected chi connectivity index (χ3v) is 3.05. The van der Waals surface area contributed by atoms with E-state index in [1.54, 1.807) is 18.2 Å². The second kappa shape index (κ2) is 7.50. The molecular formula is C12H16FO2P. The van der Waals surface area contributed by atoms with Crippen LogP contribution in [0.3, 0.4) is 0 Å². The smallest absolute Gasteiger partial charge is 0.217 e. The van der Waals surface area contributed by atoms with Crippen molar-refractivity contribution in [1.29, 1.82) is 0 Å². The van der Waals surface area contributed by atoms with Crippen LogP contribution in [0.4, 0.5) is 4.39 Å². The van der Waals surface area contributed by atoms with Crippen LogP contribution in [0.5, 0.6) is 0 Å². The van der Waals surface area contributed by atoms with Crippen LogP contribution in [0.25, 0.3) is 0 Å². The number of rotatable bonds is 6. The maximum Gasteiger partial charge on any atom is 0.217 e. The molecule has 0 N–H and O–H groups in total. The Morgan fingerprint density at radius 1 is 1.44 bits per heavy atom. The average molecular weight is 242 g/mol. The minimum Gasteiger partial charge on any atom is -0.603 e. The van der Waals surface area contributed by atoms with Gasteiger partial charge in [-0.2, -0.15) is 4.52 Å². The molecule has 0 bridgehead atoms. The second-order valence-corrected chi connectivity index (χ2v) is 4.64. The minimum absolute atomic E-state index is 0.268. The third kappa shape index (κ3) is 4.84. The molecule has 4 heteroatoms. The third-order valence-electron chi connectivity index (χ3n) is 2.13. The van der Waals surface area contributed by atoms with Crippen LogP contribution in [0.15, 0.2) is 24.3 Å². The summed E-state index contributed by atoms with van der Waals surface area (Å²) >= 11 is 0. The lowest BCUT2D eigenvalue weighted by molar-refractivity contribution is -0.172. The molecule has 0 aliphatic heterocycles. The van der Waals surface area contributed by atoms with E-state index in [2.05, 4.69) is 0 Å². The van der Waals surface area contributed by atoms with Gasteiger partial charge in [0.15, 0.2) is 0 Å². The summed E-state index contributed by atoms with van der Waals surface area (Å²) < 4.78 is 18.3. The van der Waals surface area contributed by atoms with E-state index in [4.69, 9.17) is 4.52 Å². The second-order valence-electron chi connectivity index (χ2n) is 3.45. The first-order valence-corrected chi connectivity index (χ1v) is 6.64. The normalized spacial score (nSPS) is 11.8. The number of halogens is 1. The molecule has 0 aliphatic carbocycles. The van der Waals surface area contributed by atoms with Gasteiger partial charge in [-0.1, -0.05) is 31.5 Å². The van der Waals surface area contributed by atoms with Gasteiger partial charge in [-0.3, -0.25) is 0 Å². The molecule has 1 rings (SSSR count). The summed E-state index contributed by atoms with van der Waals surface area (Å²) in [5.41, 5.74) is 0.546. The highest BCUT2D eigenvalue weighted by Gasteiger charge is 2.02. The molecule has 1 aromatic rings. The zero-order valence-corrected chi connectivity index (χ0v) is 10.3. The predicted octanol–water partition coefficient (Wildman–Crippen LogP) is 2.66. The number of hydrogen-bond donors (Lipinski definition) is 0. The first kappa shape index (κ1) is 13.3. The van der Waals surface area contributed by atoms with Crippen LogP contribution in [0.2, 0.25) is 0 Å². The summed E-state index contributed by atoms with van der Waals surface area (Å²) in [5.74, 6) is 1.25. The zero-order chi connectivity index (χ0) is 11.8. The van der Waals surface area contributed by atoms with Crippen LogP contribution >= 0.6 is 8.00 Å². The van der Waals surface area contributed by atoms with Gasteiger partial charge < -0.3 is 4.89 Å². The predicted molar refractivity (Wildman–Crippen MR) is 63.9 cm³/mol. The molecule has 0 radical (unpaired) electrons. The van der Waals surface area contributed by atoms with Crippen LogP contribution < -0.4 is 4.89 Å². The van der Waals surface area contributed by atoms with E-state index in [0.29, 0.717) is 18.6 Å². The van der Waals surface area contributed by atoms with Crippen LogP contribution in [0, 0.1) is 5.82 Å². The Morgan fingerprint density at radius 2 is 2.19 bits per heavy atom. The minimum atomic E-state index is -1.77. The topological polar surface area (TPSA) is 32.3 Å². The maximum atomic E-state index is 13.2. The van der Waals surface area contributed by atoms with Gasteiger partial charge in [0.25, 0.3) is 0 Å². The largest absolute Gasteiger partial charge is 0.603 e. The summed E-state index contributed by atoms with van der Waals surface area (Å²) in [5, 5.41) is 0. The quantitative estimate of drug-likeness (QED) is 0.567. The lowest BCUT2D eigenvalue weighted by Gasteiger charge is -1.99. The average Bonchev–Trinajstić information content (AvgIpc) is 2.28. The van der Waals surface area contributed by atoms with Crippen molar-refractivity contribution in [1.82, 2.24) is 0 Å². The standard InChI is InChI=1S/C12H16FO2P/c1-2-3-9-15-16(14)10-8-11-6-4-5-7-12(11)13/h4-7,10H,2-3,8-9H2,1H3. The van der Waals surface area contributed by atoms with E-state index in [0.717, 1.165) is 12.8 Å². The van der Waals surface area contributed by atoms with Crippen molar-refractivity contribution < 1.29 is 13.8 Å². The van der Waals surface area contributed by atoms with Gasteiger partial charge in [-0.05, 0) is 18.1 Å². The molecule has 0 amide bonds. The molecule has 1 atom stereocenters. The molecule has 16 heavy (non-hydrogen) atoms. The fraction of sp³-hybridized carbons (Fsp3) is 0.417. The molecule has 88 valence electrons. The summed E-state index contributed by atoms with van der Waals surface area (Å²) in [4.78, 5) is 11.4. The molecule has 1 unspecified atom stereocenters. The summed E-state index contributed by atoms with van der Waals surface area (Å²) in [7, 11) is -1.77. The molecule has 0 aliphatic rings. The Morgan fingerprint density at radius 3 is 2.88 bits per heavy atom. The van der Waals surface area contributed by atoms with E-state index in [-0.39, 0.29) is 5.82 Å². The van der Waals surface area contributed by atoms with Gasteiger partial charge in [0.2, 0.25) is 8.00 Å². The molecule has 0 heterocycles. The van der Waals surface area contributed by atoms with E-state index < -0.39 is 8.00 Å². The van der Waals surface area contributed by atoms with Gasteiger partial charge in [0, 0.05) is 6.42 Å². The van der Waals surface area contributed by atoms with Gasteiger partial charge in [0.05, 0.1) is 6.61 Å². The molecule has 0 aromatic heterocycles. The van der Waals surface area contributed by atoms with Crippen LogP contribution in [-0.2, 0) is 10.9 Å². The van der Waals surface area contributed by atoms with Gasteiger partial charge in [-0.15, -0.1) is 0 Å². The molecular weight excluding hydrogens is 226 g/mol. The number of benzene rings is 1. The highest BCUT2D eigenvalue weighted by Crippen LogP contribution is 2.14. The number of hydrogen-bond acceptors (Lipinski definition) is 2. The monoisotopic (exact) mass is 242 g/mol. The molecule has 0 fully saturated rings. The summed E-state index contributed by atoms with van der Waals surface area (Å²) in [6.07, 6.45) is 2.25. The van der Waals surface area contributed by atoms with Crippen molar-refractivity contribution in [3.05, 3.63) is 35.6 Å². The van der Waals surface area contributed by atoms with Crippen molar-refractivity contribution in [3.63, 3.8) is 0 Å². The zero-order valence-electron chi connectivity index (χ0n) is 9.36. The van der Waals surface area contributed by atoms with Gasteiger partial charge >= 0.3 is 0 Å². The fourth-order valence-corrected chi connectivity index (χ4v) is 1.95. The lowest BCUT2D eigenvalue weighted by atomic mass is 10.2. The van der Waals surface area contributed by atoms with E-state index >= 15 is 0 Å². The Bertz CT molecular complexity index is 353. The van der Waals surface area contributed by atoms with E-state index in [1.807, 2.05) is 6.92 Å². The Balaban J connectivity index is 2.43. The maximum absolute atomic E-state index is 13.2. The molecule has 0 spiro atoms. The summed E-state index contributed by atoms with van der Waals surface area (Å²) in [6, 6.07) is 6.48. The Labute approximate surface area is 96.6 Å². The summed E-state index contributed by atoms with van der Waals surface area (Å²) in [6.45, 7) is 2.54. The first-order chi connectivity index (χ1) is 7.74. The van der Waals surface area contributed by atoms with Gasteiger partial charge in [0.1, 0.15) is 11.6 Å². The van der Waals surface area contributed by atoms with Crippen molar-refractivity contribution in [3.8, 4) is 0 Å². The van der Waals surface area contributed by atoms with Crippen molar-refractivity contribution in [2.45, 2.75) is 26.2 Å².